The first-order chi connectivity index (χ1) is 7.61. The van der Waals surface area contributed by atoms with Crippen LogP contribution in [0.25, 0.3) is 11.1 Å². The van der Waals surface area contributed by atoms with Crippen LogP contribution in [0.4, 0.5) is 14.6 Å². The van der Waals surface area contributed by atoms with Crippen molar-refractivity contribution in [2.75, 3.05) is 5.73 Å². The summed E-state index contributed by atoms with van der Waals surface area (Å²) in [4.78, 5) is 3.88. The van der Waals surface area contributed by atoms with Gasteiger partial charge in [0.05, 0.1) is 0 Å². The van der Waals surface area contributed by atoms with E-state index < -0.39 is 11.6 Å². The molecule has 0 atom stereocenters. The molecule has 1 heterocycles. The third-order valence-electron chi connectivity index (χ3n) is 2.48. The van der Waals surface area contributed by atoms with E-state index >= 15 is 0 Å². The molecule has 0 fully saturated rings. The fourth-order valence-electron chi connectivity index (χ4n) is 1.56. The van der Waals surface area contributed by atoms with Gasteiger partial charge in [-0.05, 0) is 30.2 Å². The molecule has 0 aliphatic rings. The Morgan fingerprint density at radius 2 is 1.88 bits per heavy atom. The average Bonchev–Trinajstić information content (AvgIpc) is 2.27. The topological polar surface area (TPSA) is 38.9 Å². The lowest BCUT2D eigenvalue weighted by atomic mass is 10.0. The van der Waals surface area contributed by atoms with Crippen molar-refractivity contribution in [1.82, 2.24) is 4.98 Å². The second-order valence-electron chi connectivity index (χ2n) is 3.47. The summed E-state index contributed by atoms with van der Waals surface area (Å²) in [6.45, 7) is 1.72. The molecule has 1 aromatic carbocycles. The van der Waals surface area contributed by atoms with Gasteiger partial charge in [0.1, 0.15) is 5.82 Å². The molecular weight excluding hydrogens is 210 g/mol. The average molecular weight is 220 g/mol. The summed E-state index contributed by atoms with van der Waals surface area (Å²) in [7, 11) is 0. The van der Waals surface area contributed by atoms with Gasteiger partial charge < -0.3 is 5.73 Å². The number of nitrogens with two attached hydrogens (primary N) is 1. The monoisotopic (exact) mass is 220 g/mol. The Labute approximate surface area is 91.7 Å². The van der Waals surface area contributed by atoms with Crippen LogP contribution in [0.3, 0.4) is 0 Å². The Bertz CT molecular complexity index is 489. The number of pyridine rings is 1. The highest BCUT2D eigenvalue weighted by Crippen LogP contribution is 2.28. The van der Waals surface area contributed by atoms with Gasteiger partial charge in [-0.15, -0.1) is 0 Å². The van der Waals surface area contributed by atoms with E-state index in [-0.39, 0.29) is 5.56 Å². The molecule has 0 radical (unpaired) electrons. The van der Waals surface area contributed by atoms with Crippen molar-refractivity contribution in [3.05, 3.63) is 47.7 Å². The molecule has 1 aromatic heterocycles. The van der Waals surface area contributed by atoms with Crippen LogP contribution in [0.2, 0.25) is 0 Å². The van der Waals surface area contributed by atoms with Crippen LogP contribution < -0.4 is 5.73 Å². The first-order valence-corrected chi connectivity index (χ1v) is 4.76. The summed E-state index contributed by atoms with van der Waals surface area (Å²) >= 11 is 0. The highest BCUT2D eigenvalue weighted by Gasteiger charge is 2.12. The van der Waals surface area contributed by atoms with Crippen molar-refractivity contribution in [2.24, 2.45) is 0 Å². The summed E-state index contributed by atoms with van der Waals surface area (Å²) in [5, 5.41) is 0. The highest BCUT2D eigenvalue weighted by atomic mass is 19.2. The number of hydrogen-bond donors (Lipinski definition) is 1. The lowest BCUT2D eigenvalue weighted by molar-refractivity contribution is 0.511. The molecule has 16 heavy (non-hydrogen) atoms. The van der Waals surface area contributed by atoms with Crippen molar-refractivity contribution in [1.29, 1.82) is 0 Å². The number of halogens is 2. The molecule has 82 valence electrons. The van der Waals surface area contributed by atoms with E-state index in [1.54, 1.807) is 13.0 Å². The molecule has 4 heteroatoms. The Kier molecular flexibility index (Phi) is 2.56. The van der Waals surface area contributed by atoms with Gasteiger partial charge in [0.25, 0.3) is 0 Å². The maximum atomic E-state index is 13.6. The normalized spacial score (nSPS) is 10.4. The van der Waals surface area contributed by atoms with Crippen LogP contribution in [-0.2, 0) is 0 Å². The van der Waals surface area contributed by atoms with Gasteiger partial charge in [0, 0.05) is 11.8 Å². The smallest absolute Gasteiger partial charge is 0.166 e. The largest absolute Gasteiger partial charge is 0.383 e. The summed E-state index contributed by atoms with van der Waals surface area (Å²) in [6, 6.07) is 5.67. The highest BCUT2D eigenvalue weighted by molar-refractivity contribution is 5.71. The number of nitrogen functional groups attached to an aromatic ring is 1. The zero-order valence-corrected chi connectivity index (χ0v) is 8.67. The molecule has 0 unspecified atom stereocenters. The van der Waals surface area contributed by atoms with Gasteiger partial charge >= 0.3 is 0 Å². The minimum absolute atomic E-state index is 0.201. The Morgan fingerprint density at radius 3 is 2.62 bits per heavy atom. The summed E-state index contributed by atoms with van der Waals surface area (Å²) < 4.78 is 26.6. The number of anilines is 1. The van der Waals surface area contributed by atoms with Crippen LogP contribution >= 0.6 is 0 Å². The number of hydrogen-bond acceptors (Lipinski definition) is 2. The predicted molar refractivity (Wildman–Crippen MR) is 58.7 cm³/mol. The maximum absolute atomic E-state index is 13.6. The van der Waals surface area contributed by atoms with E-state index in [0.29, 0.717) is 16.9 Å². The molecule has 0 bridgehead atoms. The van der Waals surface area contributed by atoms with Crippen molar-refractivity contribution >= 4 is 5.82 Å². The van der Waals surface area contributed by atoms with Gasteiger partial charge in [0.15, 0.2) is 11.6 Å². The maximum Gasteiger partial charge on any atom is 0.166 e. The number of aromatic nitrogens is 1. The van der Waals surface area contributed by atoms with E-state index in [1.165, 1.54) is 18.3 Å². The fraction of sp³-hybridized carbons (Fsp3) is 0.0833. The summed E-state index contributed by atoms with van der Waals surface area (Å²) in [5.74, 6) is -1.41. The Balaban J connectivity index is 2.68. The quantitative estimate of drug-likeness (QED) is 0.802. The van der Waals surface area contributed by atoms with E-state index in [2.05, 4.69) is 4.98 Å². The molecule has 0 spiro atoms. The van der Waals surface area contributed by atoms with Crippen molar-refractivity contribution < 1.29 is 8.78 Å². The van der Waals surface area contributed by atoms with Gasteiger partial charge in [0.2, 0.25) is 0 Å². The second kappa shape index (κ2) is 3.89. The fourth-order valence-corrected chi connectivity index (χ4v) is 1.56. The molecule has 2 rings (SSSR count). The van der Waals surface area contributed by atoms with Crippen LogP contribution in [0.1, 0.15) is 5.56 Å². The third-order valence-corrected chi connectivity index (χ3v) is 2.48. The molecule has 2 N–H and O–H groups in total. The molecule has 2 nitrogen and oxygen atoms in total. The summed E-state index contributed by atoms with van der Waals surface area (Å²) in [6.07, 6.45) is 1.47. The number of benzene rings is 1. The molecule has 0 aliphatic heterocycles. The lowest BCUT2D eigenvalue weighted by Gasteiger charge is -2.08. The van der Waals surface area contributed by atoms with Gasteiger partial charge in [-0.3, -0.25) is 0 Å². The Hall–Kier alpha value is -1.97. The zero-order valence-electron chi connectivity index (χ0n) is 8.67. The predicted octanol–water partition coefficient (Wildman–Crippen LogP) is 2.92. The van der Waals surface area contributed by atoms with Crippen LogP contribution in [0, 0.1) is 18.6 Å². The second-order valence-corrected chi connectivity index (χ2v) is 3.47. The minimum Gasteiger partial charge on any atom is -0.383 e. The summed E-state index contributed by atoms with van der Waals surface area (Å²) in [5.41, 5.74) is 7.02. The van der Waals surface area contributed by atoms with Crippen LogP contribution in [0.5, 0.6) is 0 Å². The molecule has 0 aliphatic carbocycles. The molecule has 0 amide bonds. The van der Waals surface area contributed by atoms with E-state index in [0.717, 1.165) is 6.07 Å². The van der Waals surface area contributed by atoms with Crippen LogP contribution in [0.15, 0.2) is 30.5 Å². The molecule has 0 saturated carbocycles. The van der Waals surface area contributed by atoms with Gasteiger partial charge in [-0.2, -0.15) is 0 Å². The number of nitrogens with zero attached hydrogens (tertiary/aromatic N) is 1. The van der Waals surface area contributed by atoms with Crippen molar-refractivity contribution in [3.63, 3.8) is 0 Å². The van der Waals surface area contributed by atoms with E-state index in [4.69, 9.17) is 5.73 Å². The lowest BCUT2D eigenvalue weighted by Crippen LogP contribution is -1.97. The van der Waals surface area contributed by atoms with Crippen LogP contribution in [-0.4, -0.2) is 4.98 Å². The van der Waals surface area contributed by atoms with E-state index in [9.17, 15) is 8.78 Å². The standard InChI is InChI=1S/C12H10F2N2/c1-7-8(5-6-16-12(7)15)9-3-2-4-10(13)11(9)14/h2-6H,1H3,(H2,15,16). The van der Waals surface area contributed by atoms with E-state index in [1.807, 2.05) is 0 Å². The molecule has 0 saturated heterocycles. The molecular formula is C12H10F2N2. The van der Waals surface area contributed by atoms with Gasteiger partial charge in [-0.1, -0.05) is 12.1 Å². The Morgan fingerprint density at radius 1 is 1.12 bits per heavy atom. The zero-order chi connectivity index (χ0) is 11.7. The first-order valence-electron chi connectivity index (χ1n) is 4.76. The number of rotatable bonds is 1. The SMILES string of the molecule is Cc1c(-c2cccc(F)c2F)ccnc1N. The molecule has 2 aromatic rings. The van der Waals surface area contributed by atoms with Crippen molar-refractivity contribution in [3.8, 4) is 11.1 Å². The minimum atomic E-state index is -0.868. The third kappa shape index (κ3) is 1.62. The first kappa shape index (κ1) is 10.5. The van der Waals surface area contributed by atoms with Gasteiger partial charge in [-0.25, -0.2) is 13.8 Å². The van der Waals surface area contributed by atoms with Crippen molar-refractivity contribution in [2.45, 2.75) is 6.92 Å².